The van der Waals surface area contributed by atoms with Crippen molar-refractivity contribution in [3.8, 4) is 0 Å². The summed E-state index contributed by atoms with van der Waals surface area (Å²) in [5.74, 6) is -1.08. The zero-order valence-corrected chi connectivity index (χ0v) is 13.0. The van der Waals surface area contributed by atoms with E-state index in [4.69, 9.17) is 5.11 Å². The fourth-order valence-electron chi connectivity index (χ4n) is 2.06. The van der Waals surface area contributed by atoms with Gasteiger partial charge in [-0.2, -0.15) is 0 Å². The molecule has 0 atom stereocenters. The highest BCUT2D eigenvalue weighted by Crippen LogP contribution is 2.17. The quantitative estimate of drug-likeness (QED) is 0.686. The topological polar surface area (TPSA) is 85.4 Å². The molecule has 6 nitrogen and oxygen atoms in total. The predicted octanol–water partition coefficient (Wildman–Crippen LogP) is 3.46. The monoisotopic (exact) mass is 295 g/mol. The van der Waals surface area contributed by atoms with E-state index in [0.717, 1.165) is 25.7 Å². The Balaban J connectivity index is 2.77. The summed E-state index contributed by atoms with van der Waals surface area (Å²) < 4.78 is 0. The van der Waals surface area contributed by atoms with Gasteiger partial charge >= 0.3 is 12.0 Å². The van der Waals surface area contributed by atoms with E-state index in [1.54, 1.807) is 17.9 Å². The number of aromatic carboxylic acids is 1. The number of aromatic nitrogens is 1. The van der Waals surface area contributed by atoms with Gasteiger partial charge in [0.25, 0.3) is 0 Å². The number of amides is 2. The second-order valence-electron chi connectivity index (χ2n) is 5.17. The van der Waals surface area contributed by atoms with Crippen LogP contribution in [0.1, 0.15) is 55.7 Å². The van der Waals surface area contributed by atoms with Gasteiger partial charge in [0, 0.05) is 18.8 Å². The van der Waals surface area contributed by atoms with Gasteiger partial charge in [-0.1, -0.05) is 26.7 Å². The number of H-pyrrole nitrogens is 1. The fraction of sp³-hybridized carbons (Fsp3) is 0.600. The van der Waals surface area contributed by atoms with Crippen LogP contribution >= 0.6 is 0 Å². The molecule has 0 aromatic carbocycles. The van der Waals surface area contributed by atoms with Crippen molar-refractivity contribution in [2.24, 2.45) is 0 Å². The molecule has 1 aromatic heterocycles. The average Bonchev–Trinajstić information content (AvgIpc) is 2.79. The van der Waals surface area contributed by atoms with E-state index in [2.05, 4.69) is 24.1 Å². The summed E-state index contributed by atoms with van der Waals surface area (Å²) in [5, 5.41) is 11.8. The minimum Gasteiger partial charge on any atom is -0.477 e. The van der Waals surface area contributed by atoms with Crippen molar-refractivity contribution in [3.05, 3.63) is 17.5 Å². The normalized spacial score (nSPS) is 10.4. The van der Waals surface area contributed by atoms with Crippen LogP contribution in [-0.2, 0) is 0 Å². The number of aromatic amines is 1. The third-order valence-electron chi connectivity index (χ3n) is 3.26. The number of carbonyl (C=O) groups is 2. The second-order valence-corrected chi connectivity index (χ2v) is 5.17. The lowest BCUT2D eigenvalue weighted by atomic mass is 10.2. The maximum atomic E-state index is 12.3. The van der Waals surface area contributed by atoms with Crippen molar-refractivity contribution in [2.45, 2.75) is 46.5 Å². The van der Waals surface area contributed by atoms with Gasteiger partial charge in [-0.15, -0.1) is 0 Å². The molecule has 0 aliphatic rings. The minimum absolute atomic E-state index is 0.0202. The molecule has 6 heteroatoms. The summed E-state index contributed by atoms with van der Waals surface area (Å²) in [6, 6.07) is 1.40. The smallest absolute Gasteiger partial charge is 0.354 e. The van der Waals surface area contributed by atoms with E-state index in [1.807, 2.05) is 0 Å². The summed E-state index contributed by atoms with van der Waals surface area (Å²) in [7, 11) is 0. The van der Waals surface area contributed by atoms with E-state index in [0.29, 0.717) is 24.5 Å². The number of unbranched alkanes of at least 4 members (excludes halogenated alkanes) is 2. The number of carboxylic acids is 1. The van der Waals surface area contributed by atoms with Gasteiger partial charge in [-0.3, -0.25) is 0 Å². The average molecular weight is 295 g/mol. The third-order valence-corrected chi connectivity index (χ3v) is 3.26. The Labute approximate surface area is 125 Å². The molecular weight excluding hydrogens is 270 g/mol. The van der Waals surface area contributed by atoms with E-state index in [1.165, 1.54) is 0 Å². The molecule has 0 saturated heterocycles. The van der Waals surface area contributed by atoms with Crippen LogP contribution in [0.5, 0.6) is 0 Å². The molecule has 2 amide bonds. The molecule has 0 saturated carbocycles. The molecule has 1 rings (SSSR count). The lowest BCUT2D eigenvalue weighted by Crippen LogP contribution is -2.36. The summed E-state index contributed by atoms with van der Waals surface area (Å²) in [6.45, 7) is 7.29. The lowest BCUT2D eigenvalue weighted by molar-refractivity contribution is 0.0692. The molecule has 0 unspecified atom stereocenters. The van der Waals surface area contributed by atoms with Crippen LogP contribution in [0.15, 0.2) is 6.07 Å². The SMILES string of the molecule is CCCCN(CCCC)C(=O)Nc1cc(C)[nH]c1C(=O)O. The van der Waals surface area contributed by atoms with Crippen LogP contribution in [0.2, 0.25) is 0 Å². The van der Waals surface area contributed by atoms with E-state index >= 15 is 0 Å². The number of hydrogen-bond acceptors (Lipinski definition) is 2. The van der Waals surface area contributed by atoms with Crippen molar-refractivity contribution in [1.29, 1.82) is 0 Å². The number of rotatable bonds is 8. The standard InChI is InChI=1S/C15H25N3O3/c1-4-6-8-18(9-7-5-2)15(21)17-12-10-11(3)16-13(12)14(19)20/h10,16H,4-9H2,1-3H3,(H,17,21)(H,19,20). The van der Waals surface area contributed by atoms with Crippen molar-refractivity contribution < 1.29 is 14.7 Å². The molecule has 0 spiro atoms. The molecule has 21 heavy (non-hydrogen) atoms. The van der Waals surface area contributed by atoms with Crippen molar-refractivity contribution in [2.75, 3.05) is 18.4 Å². The van der Waals surface area contributed by atoms with Crippen LogP contribution < -0.4 is 5.32 Å². The molecule has 0 radical (unpaired) electrons. The van der Waals surface area contributed by atoms with Crippen molar-refractivity contribution in [3.63, 3.8) is 0 Å². The molecule has 118 valence electrons. The van der Waals surface area contributed by atoms with Gasteiger partial charge < -0.3 is 20.3 Å². The van der Waals surface area contributed by atoms with Gasteiger partial charge in [0.2, 0.25) is 0 Å². The zero-order valence-electron chi connectivity index (χ0n) is 13.0. The number of anilines is 1. The largest absolute Gasteiger partial charge is 0.477 e. The maximum absolute atomic E-state index is 12.3. The highest BCUT2D eigenvalue weighted by molar-refractivity contribution is 5.99. The van der Waals surface area contributed by atoms with Gasteiger partial charge in [0.15, 0.2) is 0 Å². The number of urea groups is 1. The first kappa shape index (κ1) is 17.1. The Morgan fingerprint density at radius 1 is 1.24 bits per heavy atom. The van der Waals surface area contributed by atoms with Crippen LogP contribution in [0.4, 0.5) is 10.5 Å². The molecule has 0 aliphatic heterocycles. The van der Waals surface area contributed by atoms with Gasteiger partial charge in [-0.05, 0) is 25.8 Å². The van der Waals surface area contributed by atoms with E-state index < -0.39 is 5.97 Å². The molecule has 1 heterocycles. The highest BCUT2D eigenvalue weighted by Gasteiger charge is 2.18. The van der Waals surface area contributed by atoms with Crippen molar-refractivity contribution in [1.82, 2.24) is 9.88 Å². The fourth-order valence-corrected chi connectivity index (χ4v) is 2.06. The first-order valence-electron chi connectivity index (χ1n) is 7.48. The molecule has 0 bridgehead atoms. The number of aryl methyl sites for hydroxylation is 1. The Bertz CT molecular complexity index is 475. The summed E-state index contributed by atoms with van der Waals surface area (Å²) in [6.07, 6.45) is 3.91. The number of nitrogens with one attached hydrogen (secondary N) is 2. The maximum Gasteiger partial charge on any atom is 0.354 e. The van der Waals surface area contributed by atoms with Gasteiger partial charge in [-0.25, -0.2) is 9.59 Å². The summed E-state index contributed by atoms with van der Waals surface area (Å²) in [5.41, 5.74) is 1.05. The van der Waals surface area contributed by atoms with Gasteiger partial charge in [0.1, 0.15) is 5.69 Å². The number of carboxylic acid groups (broad SMARTS) is 1. The molecule has 1 aromatic rings. The number of carbonyl (C=O) groups excluding carboxylic acids is 1. The van der Waals surface area contributed by atoms with Gasteiger partial charge in [0.05, 0.1) is 5.69 Å². The molecule has 0 aliphatic carbocycles. The molecule has 3 N–H and O–H groups in total. The van der Waals surface area contributed by atoms with Crippen molar-refractivity contribution >= 4 is 17.7 Å². The second kappa shape index (κ2) is 8.34. The Morgan fingerprint density at radius 2 is 1.81 bits per heavy atom. The van der Waals surface area contributed by atoms with E-state index in [9.17, 15) is 9.59 Å². The first-order valence-corrected chi connectivity index (χ1v) is 7.48. The predicted molar refractivity (Wildman–Crippen MR) is 82.9 cm³/mol. The number of nitrogens with zero attached hydrogens (tertiary/aromatic N) is 1. The van der Waals surface area contributed by atoms with Crippen LogP contribution in [-0.4, -0.2) is 40.1 Å². The van der Waals surface area contributed by atoms with E-state index in [-0.39, 0.29) is 11.7 Å². The zero-order chi connectivity index (χ0) is 15.8. The summed E-state index contributed by atoms with van der Waals surface area (Å²) in [4.78, 5) is 27.9. The molecular formula is C15H25N3O3. The minimum atomic E-state index is -1.08. The summed E-state index contributed by atoms with van der Waals surface area (Å²) >= 11 is 0. The Morgan fingerprint density at radius 3 is 2.29 bits per heavy atom. The van der Waals surface area contributed by atoms with Crippen LogP contribution in [0, 0.1) is 6.92 Å². The number of hydrogen-bond donors (Lipinski definition) is 3. The Hall–Kier alpha value is -1.98. The van der Waals surface area contributed by atoms with Crippen LogP contribution in [0.3, 0.4) is 0 Å². The van der Waals surface area contributed by atoms with Crippen LogP contribution in [0.25, 0.3) is 0 Å². The lowest BCUT2D eigenvalue weighted by Gasteiger charge is -2.22. The molecule has 0 fully saturated rings. The first-order chi connectivity index (χ1) is 9.99. The third kappa shape index (κ3) is 5.13. The Kier molecular flexibility index (Phi) is 6.78. The highest BCUT2D eigenvalue weighted by atomic mass is 16.4.